The van der Waals surface area contributed by atoms with E-state index >= 15 is 0 Å². The zero-order valence-electron chi connectivity index (χ0n) is 6.42. The van der Waals surface area contributed by atoms with E-state index in [1.54, 1.807) is 6.07 Å². The molecular weight excluding hydrogens is 136 g/mol. The summed E-state index contributed by atoms with van der Waals surface area (Å²) in [5, 5.41) is 0. The van der Waals surface area contributed by atoms with Crippen LogP contribution >= 0.6 is 0 Å². The van der Waals surface area contributed by atoms with E-state index in [0.717, 1.165) is 11.3 Å². The van der Waals surface area contributed by atoms with E-state index in [9.17, 15) is 0 Å². The topological polar surface area (TPSA) is 9.23 Å². The van der Waals surface area contributed by atoms with Gasteiger partial charge in [0.15, 0.2) is 0 Å². The summed E-state index contributed by atoms with van der Waals surface area (Å²) in [5.74, 6) is 3.14. The van der Waals surface area contributed by atoms with Crippen molar-refractivity contribution in [2.45, 2.75) is 6.92 Å². The normalized spacial score (nSPS) is 8.73. The van der Waals surface area contributed by atoms with Crippen LogP contribution in [0.2, 0.25) is 0 Å². The largest absolute Gasteiger partial charge is 0.480 e. The predicted octanol–water partition coefficient (Wildman–Crippen LogP) is 1.81. The van der Waals surface area contributed by atoms with E-state index in [-0.39, 0.29) is 0 Å². The van der Waals surface area contributed by atoms with E-state index in [0.29, 0.717) is 6.61 Å². The molecule has 0 fully saturated rings. The van der Waals surface area contributed by atoms with Gasteiger partial charge in [-0.25, -0.2) is 0 Å². The summed E-state index contributed by atoms with van der Waals surface area (Å²) in [6, 6.07) is 8.63. The van der Waals surface area contributed by atoms with Gasteiger partial charge in [-0.1, -0.05) is 24.1 Å². The number of rotatable bonds is 2. The lowest BCUT2D eigenvalue weighted by molar-refractivity contribution is 0.367. The van der Waals surface area contributed by atoms with E-state index in [1.165, 1.54) is 0 Å². The highest BCUT2D eigenvalue weighted by molar-refractivity contribution is 5.30. The van der Waals surface area contributed by atoms with Crippen LogP contribution in [-0.4, -0.2) is 6.61 Å². The number of para-hydroxylation sites is 1. The summed E-state index contributed by atoms with van der Waals surface area (Å²) < 4.78 is 5.19. The minimum Gasteiger partial charge on any atom is -0.480 e. The molecule has 1 heteroatoms. The molecule has 0 spiro atoms. The first-order valence-electron chi connectivity index (χ1n) is 3.38. The van der Waals surface area contributed by atoms with Crippen LogP contribution in [0.25, 0.3) is 0 Å². The first kappa shape index (κ1) is 7.68. The lowest BCUT2D eigenvalue weighted by atomic mass is 10.2. The Bertz CT molecular complexity index is 270. The number of terminal acetylenes is 1. The third kappa shape index (κ3) is 2.01. The van der Waals surface area contributed by atoms with Gasteiger partial charge in [0.25, 0.3) is 0 Å². The molecular formula is C10H9O. The van der Waals surface area contributed by atoms with Gasteiger partial charge in [0.2, 0.25) is 0 Å². The van der Waals surface area contributed by atoms with Crippen molar-refractivity contribution in [3.8, 4) is 18.1 Å². The van der Waals surface area contributed by atoms with Crippen LogP contribution in [0.5, 0.6) is 5.75 Å². The minimum absolute atomic E-state index is 0.307. The van der Waals surface area contributed by atoms with E-state index in [4.69, 9.17) is 11.2 Å². The highest BCUT2D eigenvalue weighted by Crippen LogP contribution is 2.14. The molecule has 55 valence electrons. The van der Waals surface area contributed by atoms with Crippen molar-refractivity contribution in [1.29, 1.82) is 0 Å². The van der Waals surface area contributed by atoms with Gasteiger partial charge in [0.1, 0.15) is 12.4 Å². The van der Waals surface area contributed by atoms with E-state index in [1.807, 2.05) is 19.1 Å². The molecule has 0 bridgehead atoms. The third-order valence-electron chi connectivity index (χ3n) is 1.31. The first-order chi connectivity index (χ1) is 5.34. The van der Waals surface area contributed by atoms with Crippen molar-refractivity contribution >= 4 is 0 Å². The molecule has 0 saturated heterocycles. The van der Waals surface area contributed by atoms with Crippen molar-refractivity contribution in [2.24, 2.45) is 0 Å². The molecule has 0 saturated carbocycles. The Kier molecular flexibility index (Phi) is 2.57. The first-order valence-corrected chi connectivity index (χ1v) is 3.38. The highest BCUT2D eigenvalue weighted by atomic mass is 16.5. The smallest absolute Gasteiger partial charge is 0.148 e. The van der Waals surface area contributed by atoms with Gasteiger partial charge in [-0.3, -0.25) is 0 Å². The maximum Gasteiger partial charge on any atom is 0.148 e. The minimum atomic E-state index is 0.307. The van der Waals surface area contributed by atoms with Crippen LogP contribution in [0, 0.1) is 25.3 Å². The van der Waals surface area contributed by atoms with Crippen LogP contribution < -0.4 is 4.74 Å². The van der Waals surface area contributed by atoms with Crippen molar-refractivity contribution in [3.63, 3.8) is 0 Å². The molecule has 1 radical (unpaired) electrons. The predicted molar refractivity (Wildman–Crippen MR) is 44.3 cm³/mol. The van der Waals surface area contributed by atoms with Crippen molar-refractivity contribution < 1.29 is 4.74 Å². The molecule has 1 nitrogen and oxygen atoms in total. The average Bonchev–Trinajstić information content (AvgIpc) is 2.03. The molecule has 0 heterocycles. The SMILES string of the molecule is C#CCOc1[c]cccc1C. The Labute approximate surface area is 67.0 Å². The van der Waals surface area contributed by atoms with Gasteiger partial charge in [0, 0.05) is 6.07 Å². The Morgan fingerprint density at radius 3 is 3.18 bits per heavy atom. The van der Waals surface area contributed by atoms with Crippen molar-refractivity contribution in [1.82, 2.24) is 0 Å². The van der Waals surface area contributed by atoms with Gasteiger partial charge in [-0.2, -0.15) is 0 Å². The summed E-state index contributed by atoms with van der Waals surface area (Å²) in [5.41, 5.74) is 1.06. The molecule has 0 N–H and O–H groups in total. The fourth-order valence-corrected chi connectivity index (χ4v) is 0.775. The van der Waals surface area contributed by atoms with Gasteiger partial charge in [0.05, 0.1) is 0 Å². The molecule has 0 aliphatic heterocycles. The molecule has 0 atom stereocenters. The number of hydrogen-bond donors (Lipinski definition) is 0. The van der Waals surface area contributed by atoms with Crippen LogP contribution in [-0.2, 0) is 0 Å². The maximum atomic E-state index is 5.19. The zero-order chi connectivity index (χ0) is 8.10. The average molecular weight is 145 g/mol. The second kappa shape index (κ2) is 3.68. The quantitative estimate of drug-likeness (QED) is 0.577. The monoisotopic (exact) mass is 145 g/mol. The summed E-state index contributed by atoms with van der Waals surface area (Å²) in [7, 11) is 0. The fraction of sp³-hybridized carbons (Fsp3) is 0.200. The van der Waals surface area contributed by atoms with Crippen LogP contribution in [0.4, 0.5) is 0 Å². The van der Waals surface area contributed by atoms with Crippen LogP contribution in [0.1, 0.15) is 5.56 Å². The highest BCUT2D eigenvalue weighted by Gasteiger charge is 1.94. The fourth-order valence-electron chi connectivity index (χ4n) is 0.775. The van der Waals surface area contributed by atoms with Gasteiger partial charge in [-0.15, -0.1) is 6.42 Å². The number of hydrogen-bond acceptors (Lipinski definition) is 1. The Morgan fingerprint density at radius 1 is 1.73 bits per heavy atom. The molecule has 1 aromatic carbocycles. The molecule has 0 unspecified atom stereocenters. The number of aryl methyl sites for hydroxylation is 1. The standard InChI is InChI=1S/C10H9O/c1-3-8-11-10-7-5-4-6-9(10)2/h1,4-6H,8H2,2H3. The molecule has 1 rings (SSSR count). The van der Waals surface area contributed by atoms with E-state index < -0.39 is 0 Å². The molecule has 0 amide bonds. The molecule has 0 aliphatic rings. The van der Waals surface area contributed by atoms with Crippen molar-refractivity contribution in [3.05, 3.63) is 29.8 Å². The summed E-state index contributed by atoms with van der Waals surface area (Å²) in [6.45, 7) is 2.27. The van der Waals surface area contributed by atoms with Crippen LogP contribution in [0.3, 0.4) is 0 Å². The van der Waals surface area contributed by atoms with E-state index in [2.05, 4.69) is 12.0 Å². The van der Waals surface area contributed by atoms with Crippen molar-refractivity contribution in [2.75, 3.05) is 6.61 Å². The maximum absolute atomic E-state index is 5.19. The summed E-state index contributed by atoms with van der Waals surface area (Å²) in [4.78, 5) is 0. The lowest BCUT2D eigenvalue weighted by Gasteiger charge is -2.03. The zero-order valence-corrected chi connectivity index (χ0v) is 6.42. The molecule has 0 aliphatic carbocycles. The summed E-state index contributed by atoms with van der Waals surface area (Å²) in [6.07, 6.45) is 5.04. The van der Waals surface area contributed by atoms with Gasteiger partial charge in [-0.05, 0) is 12.5 Å². The second-order valence-electron chi connectivity index (χ2n) is 2.18. The summed E-state index contributed by atoms with van der Waals surface area (Å²) >= 11 is 0. The third-order valence-corrected chi connectivity index (χ3v) is 1.31. The van der Waals surface area contributed by atoms with Crippen LogP contribution in [0.15, 0.2) is 18.2 Å². The Morgan fingerprint density at radius 2 is 2.55 bits per heavy atom. The molecule has 1 aromatic rings. The van der Waals surface area contributed by atoms with Gasteiger partial charge >= 0.3 is 0 Å². The second-order valence-corrected chi connectivity index (χ2v) is 2.18. The number of benzene rings is 1. The number of ether oxygens (including phenoxy) is 1. The molecule has 0 aromatic heterocycles. The van der Waals surface area contributed by atoms with Gasteiger partial charge < -0.3 is 4.74 Å². The molecule has 11 heavy (non-hydrogen) atoms. The Hall–Kier alpha value is -1.42. The Balaban J connectivity index is 2.71. The lowest BCUT2D eigenvalue weighted by Crippen LogP contribution is -1.94.